The molecule has 0 aliphatic rings. The molecular weight excluding hydrogens is 277 g/mol. The van der Waals surface area contributed by atoms with Crippen LogP contribution in [0.1, 0.15) is 11.6 Å². The third kappa shape index (κ3) is 3.49. The van der Waals surface area contributed by atoms with Crippen molar-refractivity contribution in [1.82, 2.24) is 4.98 Å². The summed E-state index contributed by atoms with van der Waals surface area (Å²) in [6.45, 7) is 0. The standard InChI is InChI=1S/C11H10FN3OS.ClH/c12-8-3-1-2-7(6-8)9(13)10(16)15-11-14-4-5-17-11;/h1-6,9H,13H2,(H,14,15,16);1H. The number of nitrogens with zero attached hydrogens (tertiary/aromatic N) is 1. The van der Waals surface area contributed by atoms with Crippen LogP contribution in [-0.4, -0.2) is 10.9 Å². The summed E-state index contributed by atoms with van der Waals surface area (Å²) in [6.07, 6.45) is 1.58. The Kier molecular flexibility index (Phi) is 5.21. The van der Waals surface area contributed by atoms with Gasteiger partial charge in [0.05, 0.1) is 0 Å². The molecule has 1 atom stereocenters. The lowest BCUT2D eigenvalue weighted by molar-refractivity contribution is -0.117. The minimum absolute atomic E-state index is 0. The maximum absolute atomic E-state index is 13.0. The Morgan fingerprint density at radius 3 is 2.89 bits per heavy atom. The molecule has 2 aromatic rings. The van der Waals surface area contributed by atoms with Gasteiger partial charge in [0.1, 0.15) is 11.9 Å². The first-order chi connectivity index (χ1) is 8.16. The van der Waals surface area contributed by atoms with Gasteiger partial charge in [-0.15, -0.1) is 23.7 Å². The highest BCUT2D eigenvalue weighted by Crippen LogP contribution is 2.16. The highest BCUT2D eigenvalue weighted by atomic mass is 35.5. The number of rotatable bonds is 3. The number of halogens is 2. The fourth-order valence-corrected chi connectivity index (χ4v) is 1.85. The largest absolute Gasteiger partial charge is 0.316 e. The van der Waals surface area contributed by atoms with Gasteiger partial charge in [0.2, 0.25) is 5.91 Å². The molecule has 4 nitrogen and oxygen atoms in total. The Labute approximate surface area is 113 Å². The topological polar surface area (TPSA) is 68.0 Å². The second kappa shape index (κ2) is 6.44. The van der Waals surface area contributed by atoms with E-state index in [1.54, 1.807) is 17.6 Å². The molecule has 1 aromatic carbocycles. The molecule has 1 heterocycles. The van der Waals surface area contributed by atoms with Gasteiger partial charge in [0, 0.05) is 11.6 Å². The summed E-state index contributed by atoms with van der Waals surface area (Å²) in [5.74, 6) is -0.828. The number of nitrogens with one attached hydrogen (secondary N) is 1. The monoisotopic (exact) mass is 287 g/mol. The Balaban J connectivity index is 0.00000162. The summed E-state index contributed by atoms with van der Waals surface area (Å²) in [6, 6.07) is 4.76. The maximum atomic E-state index is 13.0. The van der Waals surface area contributed by atoms with Crippen LogP contribution in [0, 0.1) is 5.82 Å². The van der Waals surface area contributed by atoms with Gasteiger partial charge < -0.3 is 11.1 Å². The molecule has 0 fully saturated rings. The molecule has 1 unspecified atom stereocenters. The molecule has 0 saturated heterocycles. The van der Waals surface area contributed by atoms with E-state index >= 15 is 0 Å². The Morgan fingerprint density at radius 1 is 1.50 bits per heavy atom. The van der Waals surface area contributed by atoms with Gasteiger partial charge >= 0.3 is 0 Å². The molecule has 96 valence electrons. The van der Waals surface area contributed by atoms with Crippen molar-refractivity contribution in [3.63, 3.8) is 0 Å². The second-order valence-electron chi connectivity index (χ2n) is 3.36. The zero-order valence-corrected chi connectivity index (χ0v) is 10.8. The molecule has 0 spiro atoms. The average molecular weight is 288 g/mol. The van der Waals surface area contributed by atoms with Crippen molar-refractivity contribution in [3.05, 3.63) is 47.2 Å². The van der Waals surface area contributed by atoms with E-state index in [2.05, 4.69) is 10.3 Å². The summed E-state index contributed by atoms with van der Waals surface area (Å²) in [4.78, 5) is 15.6. The first-order valence-corrected chi connectivity index (χ1v) is 5.76. The van der Waals surface area contributed by atoms with Crippen LogP contribution >= 0.6 is 23.7 Å². The average Bonchev–Trinajstić information content (AvgIpc) is 2.80. The highest BCUT2D eigenvalue weighted by molar-refractivity contribution is 7.13. The van der Waals surface area contributed by atoms with Crippen molar-refractivity contribution in [1.29, 1.82) is 0 Å². The predicted molar refractivity (Wildman–Crippen MR) is 71.3 cm³/mol. The molecule has 3 N–H and O–H groups in total. The lowest BCUT2D eigenvalue weighted by Crippen LogP contribution is -2.27. The Bertz CT molecular complexity index is 521. The molecule has 0 saturated carbocycles. The first-order valence-electron chi connectivity index (χ1n) is 4.88. The van der Waals surface area contributed by atoms with Crippen molar-refractivity contribution in [2.24, 2.45) is 5.73 Å². The summed E-state index contributed by atoms with van der Waals surface area (Å²) >= 11 is 1.29. The van der Waals surface area contributed by atoms with E-state index in [4.69, 9.17) is 5.73 Å². The number of carbonyl (C=O) groups excluding carboxylic acids is 1. The van der Waals surface area contributed by atoms with Crippen molar-refractivity contribution in [2.45, 2.75) is 6.04 Å². The normalized spacial score (nSPS) is 11.4. The number of hydrogen-bond acceptors (Lipinski definition) is 4. The fourth-order valence-electron chi connectivity index (χ4n) is 1.32. The van der Waals surface area contributed by atoms with Gasteiger partial charge in [0.15, 0.2) is 5.13 Å². The Morgan fingerprint density at radius 2 is 2.28 bits per heavy atom. The molecule has 2 rings (SSSR count). The zero-order valence-electron chi connectivity index (χ0n) is 9.17. The van der Waals surface area contributed by atoms with Crippen LogP contribution in [0.15, 0.2) is 35.8 Å². The van der Waals surface area contributed by atoms with E-state index in [1.165, 1.54) is 29.5 Å². The summed E-state index contributed by atoms with van der Waals surface area (Å²) in [7, 11) is 0. The van der Waals surface area contributed by atoms with Gasteiger partial charge in [0.25, 0.3) is 0 Å². The zero-order chi connectivity index (χ0) is 12.3. The number of benzene rings is 1. The minimum atomic E-state index is -0.908. The van der Waals surface area contributed by atoms with Crippen LogP contribution in [0.4, 0.5) is 9.52 Å². The first kappa shape index (κ1) is 14.6. The number of amides is 1. The molecular formula is C11H11ClFN3OS. The van der Waals surface area contributed by atoms with Gasteiger partial charge in [-0.25, -0.2) is 9.37 Å². The summed E-state index contributed by atoms with van der Waals surface area (Å²) in [5, 5.41) is 4.77. The van der Waals surface area contributed by atoms with Crippen molar-refractivity contribution < 1.29 is 9.18 Å². The van der Waals surface area contributed by atoms with E-state index in [9.17, 15) is 9.18 Å². The highest BCUT2D eigenvalue weighted by Gasteiger charge is 2.16. The van der Waals surface area contributed by atoms with Gasteiger partial charge in [-0.3, -0.25) is 4.79 Å². The van der Waals surface area contributed by atoms with Crippen LogP contribution in [0.25, 0.3) is 0 Å². The van der Waals surface area contributed by atoms with E-state index in [0.717, 1.165) is 0 Å². The fraction of sp³-hybridized carbons (Fsp3) is 0.0909. The minimum Gasteiger partial charge on any atom is -0.316 e. The summed E-state index contributed by atoms with van der Waals surface area (Å²) < 4.78 is 13.0. The molecule has 1 aromatic heterocycles. The number of carbonyl (C=O) groups is 1. The summed E-state index contributed by atoms with van der Waals surface area (Å²) in [5.41, 5.74) is 6.15. The van der Waals surface area contributed by atoms with E-state index in [-0.39, 0.29) is 12.4 Å². The van der Waals surface area contributed by atoms with Crippen molar-refractivity contribution >= 4 is 34.8 Å². The second-order valence-corrected chi connectivity index (χ2v) is 4.25. The molecule has 0 radical (unpaired) electrons. The molecule has 0 aliphatic carbocycles. The maximum Gasteiger partial charge on any atom is 0.247 e. The molecule has 1 amide bonds. The van der Waals surface area contributed by atoms with Crippen LogP contribution in [-0.2, 0) is 4.79 Å². The van der Waals surface area contributed by atoms with E-state index < -0.39 is 17.8 Å². The molecule has 0 aliphatic heterocycles. The number of hydrogen-bond donors (Lipinski definition) is 2. The Hall–Kier alpha value is -1.50. The smallest absolute Gasteiger partial charge is 0.247 e. The lowest BCUT2D eigenvalue weighted by Gasteiger charge is -2.10. The van der Waals surface area contributed by atoms with Gasteiger partial charge in [-0.2, -0.15) is 0 Å². The van der Waals surface area contributed by atoms with Crippen LogP contribution in [0.3, 0.4) is 0 Å². The van der Waals surface area contributed by atoms with E-state index in [1.807, 2.05) is 0 Å². The molecule has 7 heteroatoms. The molecule has 18 heavy (non-hydrogen) atoms. The SMILES string of the molecule is Cl.NC(C(=O)Nc1nccs1)c1cccc(F)c1. The number of thiazole rings is 1. The third-order valence-corrected chi connectivity index (χ3v) is 2.84. The quantitative estimate of drug-likeness (QED) is 0.910. The molecule has 0 bridgehead atoms. The van der Waals surface area contributed by atoms with Crippen LogP contribution in [0.5, 0.6) is 0 Å². The van der Waals surface area contributed by atoms with Crippen molar-refractivity contribution in [2.75, 3.05) is 5.32 Å². The van der Waals surface area contributed by atoms with Crippen LogP contribution in [0.2, 0.25) is 0 Å². The lowest BCUT2D eigenvalue weighted by atomic mass is 10.1. The van der Waals surface area contributed by atoms with Crippen molar-refractivity contribution in [3.8, 4) is 0 Å². The predicted octanol–water partition coefficient (Wildman–Crippen LogP) is 2.34. The third-order valence-electron chi connectivity index (χ3n) is 2.15. The number of nitrogens with two attached hydrogens (primary N) is 1. The van der Waals surface area contributed by atoms with E-state index in [0.29, 0.717) is 10.7 Å². The van der Waals surface area contributed by atoms with Crippen LogP contribution < -0.4 is 11.1 Å². The number of aromatic nitrogens is 1. The number of anilines is 1. The van der Waals surface area contributed by atoms with Gasteiger partial charge in [-0.05, 0) is 17.7 Å². The van der Waals surface area contributed by atoms with Gasteiger partial charge in [-0.1, -0.05) is 12.1 Å².